The first-order chi connectivity index (χ1) is 8.19. The SMILES string of the molecule is O=C(OCc1ccccc1)N([O-])C(CO)CO. The number of hydrogen-bond acceptors (Lipinski definition) is 5. The van der Waals surface area contributed by atoms with Gasteiger partial charge in [0, 0.05) is 0 Å². The molecule has 0 saturated carbocycles. The summed E-state index contributed by atoms with van der Waals surface area (Å²) in [7, 11) is 0. The van der Waals surface area contributed by atoms with E-state index < -0.39 is 25.3 Å². The molecular weight excluding hydrogens is 226 g/mol. The molecule has 1 rings (SSSR count). The predicted molar refractivity (Wildman–Crippen MR) is 59.8 cm³/mol. The molecule has 0 bridgehead atoms. The molecule has 6 heteroatoms. The van der Waals surface area contributed by atoms with Crippen LogP contribution in [0.15, 0.2) is 30.3 Å². The van der Waals surface area contributed by atoms with Crippen molar-refractivity contribution in [2.45, 2.75) is 12.6 Å². The number of aliphatic hydroxyl groups excluding tert-OH is 2. The van der Waals surface area contributed by atoms with E-state index in [1.54, 1.807) is 24.3 Å². The van der Waals surface area contributed by atoms with Crippen molar-refractivity contribution in [3.8, 4) is 0 Å². The van der Waals surface area contributed by atoms with Crippen molar-refractivity contribution in [1.82, 2.24) is 5.06 Å². The quantitative estimate of drug-likeness (QED) is 0.730. The monoisotopic (exact) mass is 240 g/mol. The number of hydrogen-bond donors (Lipinski definition) is 2. The summed E-state index contributed by atoms with van der Waals surface area (Å²) in [5, 5.41) is 28.6. The topological polar surface area (TPSA) is 93.1 Å². The van der Waals surface area contributed by atoms with Gasteiger partial charge in [0.15, 0.2) is 0 Å². The molecule has 1 aromatic rings. The van der Waals surface area contributed by atoms with Crippen LogP contribution in [0.25, 0.3) is 0 Å². The number of benzene rings is 1. The second-order valence-corrected chi connectivity index (χ2v) is 3.38. The van der Waals surface area contributed by atoms with Crippen LogP contribution in [0.1, 0.15) is 5.56 Å². The van der Waals surface area contributed by atoms with Gasteiger partial charge in [-0.15, -0.1) is 0 Å². The molecule has 0 unspecified atom stereocenters. The number of aliphatic hydroxyl groups is 2. The van der Waals surface area contributed by atoms with Gasteiger partial charge in [-0.3, -0.25) is 0 Å². The second-order valence-electron chi connectivity index (χ2n) is 3.38. The van der Waals surface area contributed by atoms with Gasteiger partial charge >= 0.3 is 6.09 Å². The summed E-state index contributed by atoms with van der Waals surface area (Å²) in [5.74, 6) is 0. The smallest absolute Gasteiger partial charge is 0.399 e. The number of carbonyl (C=O) groups excluding carboxylic acids is 1. The summed E-state index contributed by atoms with van der Waals surface area (Å²) in [4.78, 5) is 11.2. The average Bonchev–Trinajstić information content (AvgIpc) is 2.38. The summed E-state index contributed by atoms with van der Waals surface area (Å²) in [5.41, 5.74) is 0.749. The zero-order chi connectivity index (χ0) is 12.7. The highest BCUT2D eigenvalue weighted by molar-refractivity contribution is 5.68. The minimum absolute atomic E-state index is 0.0258. The van der Waals surface area contributed by atoms with Crippen LogP contribution in [0.3, 0.4) is 0 Å². The van der Waals surface area contributed by atoms with E-state index in [1.165, 1.54) is 0 Å². The van der Waals surface area contributed by atoms with Gasteiger partial charge in [0.05, 0.1) is 19.3 Å². The van der Waals surface area contributed by atoms with Crippen LogP contribution >= 0.6 is 0 Å². The summed E-state index contributed by atoms with van der Waals surface area (Å²) in [6, 6.07) is 7.69. The number of rotatable bonds is 5. The molecule has 0 radical (unpaired) electrons. The minimum Gasteiger partial charge on any atom is -0.753 e. The standard InChI is InChI=1S/C11H14NO5/c13-6-10(7-14)12(16)11(15)17-8-9-4-2-1-3-5-9/h1-5,10,13-14H,6-8H2/q-1. The Labute approximate surface area is 98.6 Å². The van der Waals surface area contributed by atoms with Crippen LogP contribution in [-0.4, -0.2) is 40.6 Å². The maximum Gasteiger partial charge on any atom is 0.399 e. The maximum atomic E-state index is 11.2. The predicted octanol–water partition coefficient (Wildman–Crippen LogP) is 0.476. The zero-order valence-electron chi connectivity index (χ0n) is 9.15. The highest BCUT2D eigenvalue weighted by Crippen LogP contribution is 2.05. The van der Waals surface area contributed by atoms with Crippen molar-refractivity contribution in [2.75, 3.05) is 13.2 Å². The molecule has 1 aromatic carbocycles. The van der Waals surface area contributed by atoms with Crippen LogP contribution in [0.2, 0.25) is 0 Å². The first-order valence-corrected chi connectivity index (χ1v) is 5.07. The van der Waals surface area contributed by atoms with E-state index in [1.807, 2.05) is 6.07 Å². The molecule has 0 atom stereocenters. The van der Waals surface area contributed by atoms with E-state index in [0.29, 0.717) is 0 Å². The third-order valence-corrected chi connectivity index (χ3v) is 2.14. The van der Waals surface area contributed by atoms with Crippen LogP contribution in [0, 0.1) is 5.21 Å². The van der Waals surface area contributed by atoms with E-state index in [0.717, 1.165) is 5.56 Å². The Bertz CT molecular complexity index is 339. The molecule has 0 aliphatic carbocycles. The molecule has 94 valence electrons. The first-order valence-electron chi connectivity index (χ1n) is 5.07. The molecule has 2 N–H and O–H groups in total. The fraction of sp³-hybridized carbons (Fsp3) is 0.364. The summed E-state index contributed by atoms with van der Waals surface area (Å²) in [6.07, 6.45) is -1.12. The van der Waals surface area contributed by atoms with Crippen molar-refractivity contribution in [3.05, 3.63) is 41.1 Å². The van der Waals surface area contributed by atoms with E-state index in [2.05, 4.69) is 0 Å². The molecule has 0 aliphatic heterocycles. The minimum atomic E-state index is -1.18. The van der Waals surface area contributed by atoms with E-state index in [4.69, 9.17) is 14.9 Å². The number of nitrogens with zero attached hydrogens (tertiary/aromatic N) is 1. The van der Waals surface area contributed by atoms with Gasteiger partial charge in [0.1, 0.15) is 6.61 Å². The molecule has 1 amide bonds. The second kappa shape index (κ2) is 6.85. The Morgan fingerprint density at radius 3 is 2.41 bits per heavy atom. The lowest BCUT2D eigenvalue weighted by Crippen LogP contribution is -2.40. The van der Waals surface area contributed by atoms with Crippen molar-refractivity contribution in [1.29, 1.82) is 0 Å². The number of ether oxygens (including phenoxy) is 1. The third-order valence-electron chi connectivity index (χ3n) is 2.14. The van der Waals surface area contributed by atoms with Gasteiger partial charge in [0.25, 0.3) is 0 Å². The lowest BCUT2D eigenvalue weighted by atomic mass is 10.2. The fourth-order valence-corrected chi connectivity index (χ4v) is 1.14. The highest BCUT2D eigenvalue weighted by Gasteiger charge is 2.15. The Hall–Kier alpha value is -1.63. The van der Waals surface area contributed by atoms with Crippen molar-refractivity contribution in [2.24, 2.45) is 0 Å². The van der Waals surface area contributed by atoms with E-state index in [9.17, 15) is 10.0 Å². The Morgan fingerprint density at radius 1 is 1.29 bits per heavy atom. The molecule has 0 fully saturated rings. The van der Waals surface area contributed by atoms with Crippen LogP contribution in [0.5, 0.6) is 0 Å². The highest BCUT2D eigenvalue weighted by atomic mass is 16.6. The third kappa shape index (κ3) is 4.03. The van der Waals surface area contributed by atoms with Crippen molar-refractivity contribution >= 4 is 6.09 Å². The number of hydroxylamine groups is 2. The van der Waals surface area contributed by atoms with Crippen molar-refractivity contribution < 1.29 is 19.7 Å². The first kappa shape index (κ1) is 13.4. The largest absolute Gasteiger partial charge is 0.753 e. The molecular formula is C11H14NO5-. The molecule has 0 heterocycles. The van der Waals surface area contributed by atoms with E-state index in [-0.39, 0.29) is 11.7 Å². The molecule has 0 saturated heterocycles. The summed E-state index contributed by atoms with van der Waals surface area (Å²) < 4.78 is 4.73. The lowest BCUT2D eigenvalue weighted by Gasteiger charge is -2.33. The van der Waals surface area contributed by atoms with Gasteiger partial charge in [-0.2, -0.15) is 0 Å². The van der Waals surface area contributed by atoms with Gasteiger partial charge in [-0.1, -0.05) is 30.3 Å². The molecule has 0 aliphatic rings. The molecule has 6 nitrogen and oxygen atoms in total. The van der Waals surface area contributed by atoms with Gasteiger partial charge in [-0.25, -0.2) is 4.79 Å². The molecule has 0 spiro atoms. The fourth-order valence-electron chi connectivity index (χ4n) is 1.14. The normalized spacial score (nSPS) is 10.4. The maximum absolute atomic E-state index is 11.2. The van der Waals surface area contributed by atoms with Crippen LogP contribution in [0.4, 0.5) is 4.79 Å². The lowest BCUT2D eigenvalue weighted by molar-refractivity contribution is 0.0654. The molecule has 0 aromatic heterocycles. The Morgan fingerprint density at radius 2 is 1.88 bits per heavy atom. The van der Waals surface area contributed by atoms with Gasteiger partial charge in [0.2, 0.25) is 0 Å². The number of amides is 1. The van der Waals surface area contributed by atoms with Gasteiger partial charge < -0.3 is 25.2 Å². The Balaban J connectivity index is 2.44. The van der Waals surface area contributed by atoms with Crippen LogP contribution in [-0.2, 0) is 11.3 Å². The molecule has 17 heavy (non-hydrogen) atoms. The zero-order valence-corrected chi connectivity index (χ0v) is 9.15. The Kier molecular flexibility index (Phi) is 5.41. The van der Waals surface area contributed by atoms with Crippen molar-refractivity contribution in [3.63, 3.8) is 0 Å². The summed E-state index contributed by atoms with van der Waals surface area (Å²) >= 11 is 0. The summed E-state index contributed by atoms with van der Waals surface area (Å²) in [6.45, 7) is -1.25. The average molecular weight is 240 g/mol. The number of carbonyl (C=O) groups is 1. The van der Waals surface area contributed by atoms with Crippen LogP contribution < -0.4 is 0 Å². The van der Waals surface area contributed by atoms with Gasteiger partial charge in [-0.05, 0) is 5.56 Å². The van der Waals surface area contributed by atoms with E-state index >= 15 is 0 Å².